The zero-order valence-corrected chi connectivity index (χ0v) is 24.3. The number of nitrogens with zero attached hydrogens (tertiary/aromatic N) is 4. The van der Waals surface area contributed by atoms with Gasteiger partial charge in [0.2, 0.25) is 0 Å². The molecule has 0 unspecified atom stereocenters. The van der Waals surface area contributed by atoms with Crippen molar-refractivity contribution in [3.63, 3.8) is 0 Å². The van der Waals surface area contributed by atoms with Gasteiger partial charge in [-0.1, -0.05) is 12.1 Å². The van der Waals surface area contributed by atoms with Crippen LogP contribution in [0, 0.1) is 0 Å². The van der Waals surface area contributed by atoms with E-state index in [0.717, 1.165) is 43.4 Å². The summed E-state index contributed by atoms with van der Waals surface area (Å²) in [6.07, 6.45) is 0.462. The molecule has 1 fully saturated rings. The molecule has 0 aliphatic heterocycles. The van der Waals surface area contributed by atoms with Gasteiger partial charge in [0.15, 0.2) is 5.65 Å². The van der Waals surface area contributed by atoms with Crippen LogP contribution in [-0.4, -0.2) is 57.6 Å². The largest absolute Gasteiger partial charge is 0.496 e. The lowest BCUT2D eigenvalue weighted by atomic mass is 9.91. The summed E-state index contributed by atoms with van der Waals surface area (Å²) in [6.45, 7) is 0.636. The molecule has 44 heavy (non-hydrogen) atoms. The van der Waals surface area contributed by atoms with Gasteiger partial charge in [-0.05, 0) is 49.9 Å². The van der Waals surface area contributed by atoms with E-state index in [4.69, 9.17) is 25.4 Å². The molecule has 2 aromatic carbocycles. The van der Waals surface area contributed by atoms with E-state index in [1.54, 1.807) is 0 Å². The molecule has 0 spiro atoms. The number of aliphatic carboxylic acids is 1. The van der Waals surface area contributed by atoms with Crippen molar-refractivity contribution in [2.24, 2.45) is 0 Å². The second-order valence-corrected chi connectivity index (χ2v) is 10.6. The fourth-order valence-corrected chi connectivity index (χ4v) is 5.60. The highest BCUT2D eigenvalue weighted by Crippen LogP contribution is 2.39. The average molecular weight is 614 g/mol. The number of ether oxygens (including phenoxy) is 2. The normalized spacial score (nSPS) is 17.0. The summed E-state index contributed by atoms with van der Waals surface area (Å²) in [4.78, 5) is 19.6. The molecular formula is C30H34F3N7O4. The van der Waals surface area contributed by atoms with Crippen molar-refractivity contribution in [3.05, 3.63) is 53.9 Å². The Kier molecular flexibility index (Phi) is 9.09. The number of methoxy groups -OCH3 is 2. The quantitative estimate of drug-likeness (QED) is 0.176. The Labute approximate surface area is 251 Å². The molecule has 1 aliphatic carbocycles. The van der Waals surface area contributed by atoms with Crippen molar-refractivity contribution in [2.75, 3.05) is 31.8 Å². The first-order valence-electron chi connectivity index (χ1n) is 14.2. The lowest BCUT2D eigenvalue weighted by molar-refractivity contribution is -0.138. The van der Waals surface area contributed by atoms with Crippen LogP contribution in [-0.2, 0) is 17.5 Å². The first-order chi connectivity index (χ1) is 21.1. The molecule has 11 nitrogen and oxygen atoms in total. The lowest BCUT2D eigenvalue weighted by Gasteiger charge is -2.29. The molecule has 5 rings (SSSR count). The smallest absolute Gasteiger partial charge is 0.416 e. The SMILES string of the molecule is COc1cc(C(F)(F)F)ccc1CNc1ccc(-c2nn(C3CCC(NCCC(=O)O)CC3)c3ncnc(N)c23)cc1OC. The minimum atomic E-state index is -4.47. The number of fused-ring (bicyclic) bond motifs is 1. The van der Waals surface area contributed by atoms with Gasteiger partial charge < -0.3 is 30.9 Å². The Hall–Kier alpha value is -4.59. The van der Waals surface area contributed by atoms with Gasteiger partial charge in [-0.2, -0.15) is 18.3 Å². The highest BCUT2D eigenvalue weighted by molar-refractivity contribution is 5.98. The van der Waals surface area contributed by atoms with Crippen LogP contribution >= 0.6 is 0 Å². The number of alkyl halides is 3. The number of carboxylic acid groups (broad SMARTS) is 1. The summed E-state index contributed by atoms with van der Waals surface area (Å²) >= 11 is 0. The first kappa shape index (κ1) is 30.9. The van der Waals surface area contributed by atoms with Gasteiger partial charge in [0, 0.05) is 30.3 Å². The Morgan fingerprint density at radius 1 is 1.07 bits per heavy atom. The molecule has 1 saturated carbocycles. The van der Waals surface area contributed by atoms with Crippen molar-refractivity contribution in [1.82, 2.24) is 25.1 Å². The summed E-state index contributed by atoms with van der Waals surface area (Å²) in [5.41, 5.74) is 8.69. The van der Waals surface area contributed by atoms with Gasteiger partial charge in [0.25, 0.3) is 0 Å². The molecule has 2 aromatic heterocycles. The average Bonchev–Trinajstić information content (AvgIpc) is 3.40. The third-order valence-electron chi connectivity index (χ3n) is 7.89. The summed E-state index contributed by atoms with van der Waals surface area (Å²) in [6, 6.07) is 9.20. The maximum Gasteiger partial charge on any atom is 0.416 e. The van der Waals surface area contributed by atoms with E-state index in [1.807, 2.05) is 22.9 Å². The summed E-state index contributed by atoms with van der Waals surface area (Å²) in [7, 11) is 2.86. The molecule has 0 saturated heterocycles. The van der Waals surface area contributed by atoms with Crippen molar-refractivity contribution < 1.29 is 32.5 Å². The second-order valence-electron chi connectivity index (χ2n) is 10.6. The molecule has 14 heteroatoms. The Morgan fingerprint density at radius 2 is 1.82 bits per heavy atom. The highest BCUT2D eigenvalue weighted by Gasteiger charge is 2.31. The number of hydrogen-bond donors (Lipinski definition) is 4. The van der Waals surface area contributed by atoms with E-state index in [1.165, 1.54) is 26.6 Å². The van der Waals surface area contributed by atoms with E-state index in [2.05, 4.69) is 20.6 Å². The highest BCUT2D eigenvalue weighted by atomic mass is 19.4. The van der Waals surface area contributed by atoms with E-state index >= 15 is 0 Å². The second kappa shape index (κ2) is 13.0. The van der Waals surface area contributed by atoms with Gasteiger partial charge in [-0.15, -0.1) is 0 Å². The van der Waals surface area contributed by atoms with Crippen molar-refractivity contribution in [3.8, 4) is 22.8 Å². The number of benzene rings is 2. The predicted molar refractivity (Wildman–Crippen MR) is 159 cm³/mol. The third-order valence-corrected chi connectivity index (χ3v) is 7.89. The number of carbonyl (C=O) groups is 1. The van der Waals surface area contributed by atoms with E-state index in [0.29, 0.717) is 46.1 Å². The minimum absolute atomic E-state index is 0.0830. The third kappa shape index (κ3) is 6.64. The molecule has 1 aliphatic rings. The molecule has 0 bridgehead atoms. The molecule has 0 radical (unpaired) electrons. The van der Waals surface area contributed by atoms with Gasteiger partial charge in [0.1, 0.15) is 29.3 Å². The van der Waals surface area contributed by atoms with Crippen LogP contribution in [0.15, 0.2) is 42.7 Å². The number of halogens is 3. The Balaban J connectivity index is 1.37. The van der Waals surface area contributed by atoms with Crippen LogP contribution in [0.3, 0.4) is 0 Å². The van der Waals surface area contributed by atoms with E-state index in [9.17, 15) is 18.0 Å². The van der Waals surface area contributed by atoms with Crippen LogP contribution in [0.2, 0.25) is 0 Å². The summed E-state index contributed by atoms with van der Waals surface area (Å²) < 4.78 is 52.2. The van der Waals surface area contributed by atoms with Crippen molar-refractivity contribution in [1.29, 1.82) is 0 Å². The number of nitrogens with one attached hydrogen (secondary N) is 2. The maximum absolute atomic E-state index is 13.1. The number of nitrogen functional groups attached to an aromatic ring is 1. The van der Waals surface area contributed by atoms with Crippen LogP contribution in [0.1, 0.15) is 49.3 Å². The maximum atomic E-state index is 13.1. The van der Waals surface area contributed by atoms with Gasteiger partial charge >= 0.3 is 12.1 Å². The standard InChI is InChI=1S/C30H34F3N7O4/c1-43-23-14-19(30(31,32)33)5-3-18(23)15-36-22-10-4-17(13-24(22)44-2)27-26-28(34)37-16-38-29(26)40(39-27)21-8-6-20(7-9-21)35-12-11-25(41)42/h3-5,10,13-14,16,20-21,35-36H,6-9,11-12,15H2,1-2H3,(H,41,42)(H2,34,37,38). The molecular weight excluding hydrogens is 579 g/mol. The zero-order valence-electron chi connectivity index (χ0n) is 24.3. The predicted octanol–water partition coefficient (Wildman–Crippen LogP) is 5.27. The van der Waals surface area contributed by atoms with Gasteiger partial charge in [-0.3, -0.25) is 4.79 Å². The molecule has 5 N–H and O–H groups in total. The van der Waals surface area contributed by atoms with Gasteiger partial charge in [0.05, 0.1) is 43.3 Å². The number of hydrogen-bond acceptors (Lipinski definition) is 9. The van der Waals surface area contributed by atoms with Crippen molar-refractivity contribution in [2.45, 2.75) is 56.9 Å². The van der Waals surface area contributed by atoms with Crippen LogP contribution < -0.4 is 25.8 Å². The van der Waals surface area contributed by atoms with Crippen LogP contribution in [0.5, 0.6) is 11.5 Å². The topological polar surface area (TPSA) is 149 Å². The Bertz CT molecular complexity index is 1640. The molecule has 4 aromatic rings. The molecule has 0 atom stereocenters. The number of rotatable bonds is 11. The minimum Gasteiger partial charge on any atom is -0.496 e. The number of anilines is 2. The lowest BCUT2D eigenvalue weighted by Crippen LogP contribution is -2.35. The molecule has 234 valence electrons. The monoisotopic (exact) mass is 613 g/mol. The summed E-state index contributed by atoms with van der Waals surface area (Å²) in [5, 5.41) is 21.0. The van der Waals surface area contributed by atoms with Crippen LogP contribution in [0.25, 0.3) is 22.3 Å². The van der Waals surface area contributed by atoms with Gasteiger partial charge in [-0.25, -0.2) is 14.6 Å². The fraction of sp³-hybridized carbons (Fsp3) is 0.400. The molecule has 2 heterocycles. The first-order valence-corrected chi connectivity index (χ1v) is 14.2. The summed E-state index contributed by atoms with van der Waals surface area (Å²) in [5.74, 6) is 0.106. The van der Waals surface area contributed by atoms with E-state index < -0.39 is 17.7 Å². The number of aromatic nitrogens is 4. The fourth-order valence-electron chi connectivity index (χ4n) is 5.60. The number of carboxylic acids is 1. The van der Waals surface area contributed by atoms with E-state index in [-0.39, 0.29) is 30.8 Å². The molecule has 0 amide bonds. The van der Waals surface area contributed by atoms with Crippen LogP contribution in [0.4, 0.5) is 24.7 Å². The van der Waals surface area contributed by atoms with Crippen molar-refractivity contribution >= 4 is 28.5 Å². The zero-order chi connectivity index (χ0) is 31.4. The Morgan fingerprint density at radius 3 is 2.50 bits per heavy atom. The number of nitrogens with two attached hydrogens (primary N) is 1.